The molecule has 0 spiro atoms. The maximum atomic E-state index is 6.32. The SMILES string of the molecule is COc1cc(OC)c(-c2cn3ccc(N4CCN(C)CC4)cc3n2)cc1Cl. The van der Waals surface area contributed by atoms with Crippen molar-refractivity contribution in [2.24, 2.45) is 0 Å². The summed E-state index contributed by atoms with van der Waals surface area (Å²) in [6.45, 7) is 4.21. The number of rotatable bonds is 4. The molecular weight excluding hydrogens is 364 g/mol. The lowest BCUT2D eigenvalue weighted by Crippen LogP contribution is -2.44. The standard InChI is InChI=1S/C20H23ClN4O2/c1-23-6-8-24(9-7-23)14-4-5-25-13-17(22-20(25)10-14)15-11-16(21)19(27-3)12-18(15)26-2/h4-5,10-13H,6-9H2,1-3H3. The Morgan fingerprint density at radius 2 is 1.74 bits per heavy atom. The van der Waals surface area contributed by atoms with Crippen molar-refractivity contribution in [2.75, 3.05) is 52.3 Å². The van der Waals surface area contributed by atoms with Crippen molar-refractivity contribution < 1.29 is 9.47 Å². The van der Waals surface area contributed by atoms with Gasteiger partial charge in [0.1, 0.15) is 17.1 Å². The van der Waals surface area contributed by atoms with E-state index < -0.39 is 0 Å². The van der Waals surface area contributed by atoms with Crippen LogP contribution in [0.15, 0.2) is 36.7 Å². The highest BCUT2D eigenvalue weighted by atomic mass is 35.5. The maximum absolute atomic E-state index is 6.32. The van der Waals surface area contributed by atoms with E-state index in [1.54, 1.807) is 20.3 Å². The third-order valence-electron chi connectivity index (χ3n) is 5.06. The molecule has 0 aliphatic carbocycles. The van der Waals surface area contributed by atoms with Gasteiger partial charge < -0.3 is 23.7 Å². The summed E-state index contributed by atoms with van der Waals surface area (Å²) in [5.41, 5.74) is 3.75. The van der Waals surface area contributed by atoms with Gasteiger partial charge in [0.25, 0.3) is 0 Å². The molecule has 0 unspecified atom stereocenters. The van der Waals surface area contributed by atoms with Crippen molar-refractivity contribution in [3.8, 4) is 22.8 Å². The molecule has 0 saturated carbocycles. The van der Waals surface area contributed by atoms with Crippen molar-refractivity contribution in [1.29, 1.82) is 0 Å². The summed E-state index contributed by atoms with van der Waals surface area (Å²) >= 11 is 6.32. The van der Waals surface area contributed by atoms with Gasteiger partial charge in [0.15, 0.2) is 0 Å². The van der Waals surface area contributed by atoms with Crippen LogP contribution in [0.3, 0.4) is 0 Å². The number of fused-ring (bicyclic) bond motifs is 1. The van der Waals surface area contributed by atoms with E-state index in [1.165, 1.54) is 5.69 Å². The fourth-order valence-corrected chi connectivity index (χ4v) is 3.66. The average molecular weight is 387 g/mol. The van der Waals surface area contributed by atoms with Crippen molar-refractivity contribution in [2.45, 2.75) is 0 Å². The Morgan fingerprint density at radius 3 is 2.44 bits per heavy atom. The fourth-order valence-electron chi connectivity index (χ4n) is 3.42. The van der Waals surface area contributed by atoms with Crippen LogP contribution in [-0.4, -0.2) is 61.7 Å². The van der Waals surface area contributed by atoms with E-state index >= 15 is 0 Å². The van der Waals surface area contributed by atoms with Gasteiger partial charge >= 0.3 is 0 Å². The summed E-state index contributed by atoms with van der Waals surface area (Å²) in [6, 6.07) is 7.90. The zero-order valence-electron chi connectivity index (χ0n) is 15.8. The molecule has 0 radical (unpaired) electrons. The third kappa shape index (κ3) is 3.42. The van der Waals surface area contributed by atoms with Gasteiger partial charge in [-0.1, -0.05) is 11.6 Å². The Kier molecular flexibility index (Phi) is 4.85. The molecule has 0 bridgehead atoms. The summed E-state index contributed by atoms with van der Waals surface area (Å²) in [5, 5.41) is 0.531. The Morgan fingerprint density at radius 1 is 1.00 bits per heavy atom. The topological polar surface area (TPSA) is 42.2 Å². The lowest BCUT2D eigenvalue weighted by Gasteiger charge is -2.34. The molecule has 6 nitrogen and oxygen atoms in total. The first-order chi connectivity index (χ1) is 13.1. The predicted molar refractivity (Wildman–Crippen MR) is 108 cm³/mol. The van der Waals surface area contributed by atoms with E-state index in [2.05, 4.69) is 35.2 Å². The first kappa shape index (κ1) is 17.9. The van der Waals surface area contributed by atoms with Gasteiger partial charge in [-0.25, -0.2) is 4.98 Å². The van der Waals surface area contributed by atoms with Gasteiger partial charge in [-0.05, 0) is 19.2 Å². The molecule has 3 aromatic rings. The first-order valence-electron chi connectivity index (χ1n) is 8.93. The third-order valence-corrected chi connectivity index (χ3v) is 5.36. The molecule has 27 heavy (non-hydrogen) atoms. The van der Waals surface area contributed by atoms with Crippen molar-refractivity contribution >= 4 is 22.9 Å². The minimum absolute atomic E-state index is 0.531. The minimum Gasteiger partial charge on any atom is -0.496 e. The number of halogens is 1. The molecule has 142 valence electrons. The summed E-state index contributed by atoms with van der Waals surface area (Å²) < 4.78 is 12.8. The number of ether oxygens (including phenoxy) is 2. The monoisotopic (exact) mass is 386 g/mol. The molecule has 1 aromatic carbocycles. The molecule has 3 heterocycles. The second-order valence-corrected chi connectivity index (χ2v) is 7.16. The number of hydrogen-bond donors (Lipinski definition) is 0. The number of pyridine rings is 1. The zero-order chi connectivity index (χ0) is 19.0. The lowest BCUT2D eigenvalue weighted by molar-refractivity contribution is 0.313. The Bertz CT molecular complexity index is 964. The van der Waals surface area contributed by atoms with Crippen LogP contribution in [0, 0.1) is 0 Å². The van der Waals surface area contributed by atoms with E-state index in [0.717, 1.165) is 43.1 Å². The second kappa shape index (κ2) is 7.29. The predicted octanol–water partition coefficient (Wildman–Crippen LogP) is 3.42. The second-order valence-electron chi connectivity index (χ2n) is 6.75. The summed E-state index contributed by atoms with van der Waals surface area (Å²) in [5.74, 6) is 1.26. The molecule has 1 aliphatic heterocycles. The van der Waals surface area contributed by atoms with Crippen LogP contribution in [0.2, 0.25) is 5.02 Å². The molecule has 1 fully saturated rings. The molecule has 2 aromatic heterocycles. The number of aromatic nitrogens is 2. The lowest BCUT2D eigenvalue weighted by atomic mass is 10.1. The molecule has 0 atom stereocenters. The van der Waals surface area contributed by atoms with Gasteiger partial charge in [0.05, 0.1) is 24.9 Å². The normalized spacial score (nSPS) is 15.3. The van der Waals surface area contributed by atoms with Gasteiger partial charge in [-0.15, -0.1) is 0 Å². The smallest absolute Gasteiger partial charge is 0.141 e. The molecule has 0 amide bonds. The van der Waals surface area contributed by atoms with Crippen LogP contribution in [-0.2, 0) is 0 Å². The number of anilines is 1. The zero-order valence-corrected chi connectivity index (χ0v) is 16.5. The van der Waals surface area contributed by atoms with Crippen LogP contribution >= 0.6 is 11.6 Å². The first-order valence-corrected chi connectivity index (χ1v) is 9.31. The number of piperazine rings is 1. The van der Waals surface area contributed by atoms with E-state index in [0.29, 0.717) is 16.5 Å². The Labute approximate surface area is 163 Å². The number of nitrogens with zero attached hydrogens (tertiary/aromatic N) is 4. The minimum atomic E-state index is 0.531. The fraction of sp³-hybridized carbons (Fsp3) is 0.350. The van der Waals surface area contributed by atoms with Crippen molar-refractivity contribution in [3.63, 3.8) is 0 Å². The van der Waals surface area contributed by atoms with E-state index in [-0.39, 0.29) is 0 Å². The molecule has 0 N–H and O–H groups in total. The van der Waals surface area contributed by atoms with Crippen LogP contribution < -0.4 is 14.4 Å². The highest BCUT2D eigenvalue weighted by Gasteiger charge is 2.17. The largest absolute Gasteiger partial charge is 0.496 e. The molecule has 7 heteroatoms. The average Bonchev–Trinajstić information content (AvgIpc) is 3.11. The van der Waals surface area contributed by atoms with Crippen molar-refractivity contribution in [1.82, 2.24) is 14.3 Å². The Balaban J connectivity index is 1.71. The van der Waals surface area contributed by atoms with Gasteiger partial charge in [-0.2, -0.15) is 0 Å². The van der Waals surface area contributed by atoms with Gasteiger partial charge in [-0.3, -0.25) is 0 Å². The van der Waals surface area contributed by atoms with Gasteiger partial charge in [0.2, 0.25) is 0 Å². The Hall–Kier alpha value is -2.44. The maximum Gasteiger partial charge on any atom is 0.141 e. The number of benzene rings is 1. The van der Waals surface area contributed by atoms with Crippen LogP contribution in [0.25, 0.3) is 16.9 Å². The number of hydrogen-bond acceptors (Lipinski definition) is 5. The van der Waals surface area contributed by atoms with E-state index in [4.69, 9.17) is 26.1 Å². The van der Waals surface area contributed by atoms with E-state index in [1.807, 2.05) is 16.7 Å². The highest BCUT2D eigenvalue weighted by Crippen LogP contribution is 2.38. The molecule has 1 aliphatic rings. The van der Waals surface area contributed by atoms with Crippen LogP contribution in [0.4, 0.5) is 5.69 Å². The number of methoxy groups -OCH3 is 2. The van der Waals surface area contributed by atoms with E-state index in [9.17, 15) is 0 Å². The van der Waals surface area contributed by atoms with Gasteiger partial charge in [0, 0.05) is 62.0 Å². The summed E-state index contributed by atoms with van der Waals surface area (Å²) in [6.07, 6.45) is 4.04. The molecule has 4 rings (SSSR count). The number of likely N-dealkylation sites (N-methyl/N-ethyl adjacent to an activating group) is 1. The number of imidazole rings is 1. The quantitative estimate of drug-likeness (QED) is 0.687. The molecule has 1 saturated heterocycles. The summed E-state index contributed by atoms with van der Waals surface area (Å²) in [7, 11) is 5.38. The van der Waals surface area contributed by atoms with Crippen molar-refractivity contribution in [3.05, 3.63) is 41.7 Å². The molecular formula is C20H23ClN4O2. The highest BCUT2D eigenvalue weighted by molar-refractivity contribution is 6.32. The van der Waals surface area contributed by atoms with Crippen LogP contribution in [0.5, 0.6) is 11.5 Å². The summed E-state index contributed by atoms with van der Waals surface area (Å²) in [4.78, 5) is 9.56. The van der Waals surface area contributed by atoms with Crippen LogP contribution in [0.1, 0.15) is 0 Å².